The van der Waals surface area contributed by atoms with Crippen molar-refractivity contribution in [1.29, 1.82) is 0 Å². The number of ether oxygens (including phenoxy) is 1. The van der Waals surface area contributed by atoms with Crippen molar-refractivity contribution >= 4 is 17.4 Å². The van der Waals surface area contributed by atoms with E-state index in [1.165, 1.54) is 24.3 Å². The molecule has 0 amide bonds. The fourth-order valence-electron chi connectivity index (χ4n) is 3.10. The van der Waals surface area contributed by atoms with Crippen LogP contribution in [0.25, 0.3) is 0 Å². The largest absolute Gasteiger partial charge is 0.456 e. The van der Waals surface area contributed by atoms with Gasteiger partial charge in [-0.05, 0) is 11.1 Å². The van der Waals surface area contributed by atoms with Crippen molar-refractivity contribution in [3.63, 3.8) is 0 Å². The number of hydrogen-bond donors (Lipinski definition) is 0. The molecule has 31 heavy (non-hydrogen) atoms. The van der Waals surface area contributed by atoms with E-state index in [-0.39, 0.29) is 17.8 Å². The molecule has 3 rings (SSSR count). The summed E-state index contributed by atoms with van der Waals surface area (Å²) >= 11 is 0. The molecular weight excluding hydrogens is 396 g/mol. The van der Waals surface area contributed by atoms with Gasteiger partial charge in [0.25, 0.3) is 5.69 Å². The second-order valence-electron chi connectivity index (χ2n) is 7.01. The normalized spacial score (nSPS) is 10.6. The predicted octanol–water partition coefficient (Wildman–Crippen LogP) is 4.02. The van der Waals surface area contributed by atoms with E-state index in [9.17, 15) is 19.7 Å². The fourth-order valence-corrected chi connectivity index (χ4v) is 3.10. The van der Waals surface area contributed by atoms with E-state index in [1.807, 2.05) is 65.6 Å². The van der Waals surface area contributed by atoms with Crippen molar-refractivity contribution < 1.29 is 19.2 Å². The summed E-state index contributed by atoms with van der Waals surface area (Å²) in [6.45, 7) is 0.629. The van der Waals surface area contributed by atoms with Crippen LogP contribution >= 0.6 is 0 Å². The topological polar surface area (TPSA) is 89.8 Å². The summed E-state index contributed by atoms with van der Waals surface area (Å²) in [6, 6.07) is 24.9. The Labute approximate surface area is 180 Å². The zero-order chi connectivity index (χ0) is 22.1. The number of nitrogens with zero attached hydrogens (tertiary/aromatic N) is 2. The number of nitro benzene ring substituents is 1. The maximum atomic E-state index is 12.4. The molecule has 0 fully saturated rings. The van der Waals surface area contributed by atoms with Crippen molar-refractivity contribution in [2.45, 2.75) is 13.1 Å². The molecule has 0 unspecified atom stereocenters. The molecule has 0 aliphatic heterocycles. The Kier molecular flexibility index (Phi) is 7.61. The number of benzene rings is 3. The molecule has 3 aromatic carbocycles. The van der Waals surface area contributed by atoms with Crippen LogP contribution in [0.5, 0.6) is 0 Å². The highest BCUT2D eigenvalue weighted by atomic mass is 16.6. The van der Waals surface area contributed by atoms with Gasteiger partial charge < -0.3 is 4.74 Å². The van der Waals surface area contributed by atoms with Gasteiger partial charge in [-0.15, -0.1) is 0 Å². The minimum atomic E-state index is -0.576. The van der Waals surface area contributed by atoms with Crippen LogP contribution in [-0.2, 0) is 22.6 Å². The second-order valence-corrected chi connectivity index (χ2v) is 7.01. The molecule has 0 bridgehead atoms. The summed E-state index contributed by atoms with van der Waals surface area (Å²) in [5.74, 6) is -1.03. The van der Waals surface area contributed by atoms with Crippen LogP contribution in [0.3, 0.4) is 0 Å². The minimum absolute atomic E-state index is 0.00596. The third-order valence-electron chi connectivity index (χ3n) is 4.59. The monoisotopic (exact) mass is 418 g/mol. The van der Waals surface area contributed by atoms with Gasteiger partial charge in [0, 0.05) is 30.8 Å². The lowest BCUT2D eigenvalue weighted by Gasteiger charge is -2.21. The molecule has 0 heterocycles. The van der Waals surface area contributed by atoms with E-state index in [0.717, 1.165) is 11.1 Å². The molecule has 0 N–H and O–H groups in total. The summed E-state index contributed by atoms with van der Waals surface area (Å²) in [7, 11) is 0. The molecule has 158 valence electrons. The molecule has 3 aromatic rings. The summed E-state index contributed by atoms with van der Waals surface area (Å²) in [5, 5.41) is 10.9. The van der Waals surface area contributed by atoms with Crippen LogP contribution in [0, 0.1) is 10.1 Å². The summed E-state index contributed by atoms with van der Waals surface area (Å²) in [4.78, 5) is 36.9. The molecule has 0 aromatic heterocycles. The average Bonchev–Trinajstić information content (AvgIpc) is 2.79. The van der Waals surface area contributed by atoms with Gasteiger partial charge >= 0.3 is 5.97 Å². The number of nitro groups is 1. The van der Waals surface area contributed by atoms with Crippen molar-refractivity contribution in [2.75, 3.05) is 13.2 Å². The zero-order valence-electron chi connectivity index (χ0n) is 16.8. The Hall–Kier alpha value is -3.84. The third kappa shape index (κ3) is 6.87. The lowest BCUT2D eigenvalue weighted by atomic mass is 10.1. The predicted molar refractivity (Wildman–Crippen MR) is 115 cm³/mol. The molecule has 0 atom stereocenters. The Balaban J connectivity index is 1.60. The number of hydrogen-bond acceptors (Lipinski definition) is 6. The van der Waals surface area contributed by atoms with E-state index in [4.69, 9.17) is 4.74 Å². The third-order valence-corrected chi connectivity index (χ3v) is 4.59. The van der Waals surface area contributed by atoms with Crippen LogP contribution in [0.1, 0.15) is 21.5 Å². The Bertz CT molecular complexity index is 997. The quantitative estimate of drug-likeness (QED) is 0.214. The molecule has 0 aliphatic rings. The van der Waals surface area contributed by atoms with Gasteiger partial charge in [-0.1, -0.05) is 72.8 Å². The summed E-state index contributed by atoms with van der Waals surface area (Å²) in [6.07, 6.45) is 0. The number of carbonyl (C=O) groups excluding carboxylic acids is 2. The number of rotatable bonds is 10. The highest BCUT2D eigenvalue weighted by Gasteiger charge is 2.17. The Morgan fingerprint density at radius 2 is 1.42 bits per heavy atom. The van der Waals surface area contributed by atoms with Crippen LogP contribution in [0.15, 0.2) is 84.9 Å². The van der Waals surface area contributed by atoms with Gasteiger partial charge in [-0.25, -0.2) is 0 Å². The van der Waals surface area contributed by atoms with Crippen LogP contribution < -0.4 is 0 Å². The molecule has 0 saturated carbocycles. The van der Waals surface area contributed by atoms with Crippen LogP contribution in [-0.4, -0.2) is 34.7 Å². The Morgan fingerprint density at radius 1 is 0.839 bits per heavy atom. The fraction of sp³-hybridized carbons (Fsp3) is 0.167. The van der Waals surface area contributed by atoms with E-state index in [2.05, 4.69) is 0 Å². The molecular formula is C24H22N2O5. The van der Waals surface area contributed by atoms with Gasteiger partial charge in [0.15, 0.2) is 6.61 Å². The van der Waals surface area contributed by atoms with Crippen molar-refractivity contribution in [3.8, 4) is 0 Å². The molecule has 0 spiro atoms. The van der Waals surface area contributed by atoms with Crippen LogP contribution in [0.2, 0.25) is 0 Å². The van der Waals surface area contributed by atoms with E-state index >= 15 is 0 Å². The average molecular weight is 418 g/mol. The highest BCUT2D eigenvalue weighted by molar-refractivity contribution is 5.98. The number of non-ortho nitro benzene ring substituents is 1. The lowest BCUT2D eigenvalue weighted by Crippen LogP contribution is -2.31. The first-order chi connectivity index (χ1) is 15.0. The van der Waals surface area contributed by atoms with Gasteiger partial charge in [0.2, 0.25) is 5.78 Å². The smallest absolute Gasteiger partial charge is 0.320 e. The molecule has 7 heteroatoms. The van der Waals surface area contributed by atoms with Gasteiger partial charge in [-0.2, -0.15) is 0 Å². The van der Waals surface area contributed by atoms with Gasteiger partial charge in [0.05, 0.1) is 11.5 Å². The second kappa shape index (κ2) is 10.8. The maximum absolute atomic E-state index is 12.4. The number of ketones is 1. The lowest BCUT2D eigenvalue weighted by molar-refractivity contribution is -0.384. The standard InChI is InChI=1S/C24H22N2O5/c27-23(21-12-7-13-22(14-21)26(29)30)18-31-24(28)17-25(15-19-8-3-1-4-9-19)16-20-10-5-2-6-11-20/h1-14H,15-18H2. The van der Waals surface area contributed by atoms with Crippen LogP contribution in [0.4, 0.5) is 5.69 Å². The first-order valence-electron chi connectivity index (χ1n) is 9.75. The highest BCUT2D eigenvalue weighted by Crippen LogP contribution is 2.14. The molecule has 7 nitrogen and oxygen atoms in total. The SMILES string of the molecule is O=C(CN(Cc1ccccc1)Cc1ccccc1)OCC(=O)c1cccc([N+](=O)[O-])c1. The molecule has 0 aliphatic carbocycles. The first kappa shape index (κ1) is 21.9. The number of carbonyl (C=O) groups is 2. The van der Waals surface area contributed by atoms with Gasteiger partial charge in [-0.3, -0.25) is 24.6 Å². The zero-order valence-corrected chi connectivity index (χ0v) is 16.8. The minimum Gasteiger partial charge on any atom is -0.456 e. The molecule has 0 radical (unpaired) electrons. The Morgan fingerprint density at radius 3 is 1.97 bits per heavy atom. The van der Waals surface area contributed by atoms with E-state index in [0.29, 0.717) is 13.1 Å². The van der Waals surface area contributed by atoms with Crippen molar-refractivity contribution in [1.82, 2.24) is 4.90 Å². The van der Waals surface area contributed by atoms with Crippen molar-refractivity contribution in [2.24, 2.45) is 0 Å². The number of esters is 1. The number of Topliss-reactive ketones (excluding diaryl/α,β-unsaturated/α-hetero) is 1. The van der Waals surface area contributed by atoms with E-state index in [1.54, 1.807) is 0 Å². The maximum Gasteiger partial charge on any atom is 0.320 e. The van der Waals surface area contributed by atoms with E-state index < -0.39 is 23.3 Å². The summed E-state index contributed by atoms with van der Waals surface area (Å²) < 4.78 is 5.16. The van der Waals surface area contributed by atoms with Gasteiger partial charge in [0.1, 0.15) is 0 Å². The summed E-state index contributed by atoms with van der Waals surface area (Å²) in [5.41, 5.74) is 2.05. The van der Waals surface area contributed by atoms with Crippen molar-refractivity contribution in [3.05, 3.63) is 112 Å². The molecule has 0 saturated heterocycles. The first-order valence-corrected chi connectivity index (χ1v) is 9.75.